The van der Waals surface area contributed by atoms with E-state index in [0.29, 0.717) is 36.2 Å². The van der Waals surface area contributed by atoms with Crippen LogP contribution in [-0.2, 0) is 4.79 Å². The highest BCUT2D eigenvalue weighted by atomic mass is 32.2. The highest BCUT2D eigenvalue weighted by molar-refractivity contribution is 8.23. The van der Waals surface area contributed by atoms with Gasteiger partial charge in [0.2, 0.25) is 5.91 Å². The summed E-state index contributed by atoms with van der Waals surface area (Å²) in [5.74, 6) is 1.62. The van der Waals surface area contributed by atoms with Gasteiger partial charge in [0, 0.05) is 11.8 Å². The van der Waals surface area contributed by atoms with Gasteiger partial charge in [-0.25, -0.2) is 0 Å². The standard InChI is InChI=1S/C16H21N3O3S2/c1-18-4-6-19(7-5-18)16(23)24-11-15(20)17-12-2-3-13-14(10-12)22-9-8-21-13/h2-3,10H,4-9,11H2,1H3,(H,17,20)/p+1. The van der Waals surface area contributed by atoms with E-state index in [1.807, 2.05) is 12.1 Å². The average Bonchev–Trinajstić information content (AvgIpc) is 2.60. The Kier molecular flexibility index (Phi) is 5.80. The molecule has 6 nitrogen and oxygen atoms in total. The second-order valence-corrected chi connectivity index (χ2v) is 7.51. The Bertz CT molecular complexity index is 619. The number of hydrogen-bond donors (Lipinski definition) is 2. The van der Waals surface area contributed by atoms with Gasteiger partial charge in [-0.05, 0) is 12.1 Å². The van der Waals surface area contributed by atoms with Crippen LogP contribution in [-0.4, -0.2) is 67.3 Å². The Hall–Kier alpha value is -1.51. The number of piperazine rings is 1. The molecular formula is C16H22N3O3S2+. The minimum Gasteiger partial charge on any atom is -0.486 e. The summed E-state index contributed by atoms with van der Waals surface area (Å²) in [4.78, 5) is 15.8. The normalized spacial score (nSPS) is 17.5. The van der Waals surface area contributed by atoms with Crippen molar-refractivity contribution in [1.29, 1.82) is 0 Å². The first kappa shape index (κ1) is 17.3. The fraction of sp³-hybridized carbons (Fsp3) is 0.500. The molecule has 0 radical (unpaired) electrons. The van der Waals surface area contributed by atoms with Crippen LogP contribution in [0.4, 0.5) is 5.69 Å². The monoisotopic (exact) mass is 368 g/mol. The number of carbonyl (C=O) groups excluding carboxylic acids is 1. The summed E-state index contributed by atoms with van der Waals surface area (Å²) in [6.45, 7) is 5.18. The Morgan fingerprint density at radius 3 is 2.75 bits per heavy atom. The van der Waals surface area contributed by atoms with Gasteiger partial charge in [0.1, 0.15) is 17.5 Å². The number of thioether (sulfide) groups is 1. The molecule has 0 aromatic heterocycles. The summed E-state index contributed by atoms with van der Waals surface area (Å²) >= 11 is 6.86. The first-order chi connectivity index (χ1) is 11.6. The first-order valence-corrected chi connectivity index (χ1v) is 9.44. The third-order valence-corrected chi connectivity index (χ3v) is 5.55. The fourth-order valence-corrected chi connectivity index (χ4v) is 3.66. The van der Waals surface area contributed by atoms with E-state index in [2.05, 4.69) is 17.3 Å². The van der Waals surface area contributed by atoms with Crippen LogP contribution >= 0.6 is 24.0 Å². The lowest BCUT2D eigenvalue weighted by molar-refractivity contribution is -0.883. The molecule has 1 aromatic carbocycles. The van der Waals surface area contributed by atoms with Gasteiger partial charge < -0.3 is 24.6 Å². The molecule has 1 aromatic rings. The first-order valence-electron chi connectivity index (χ1n) is 8.04. The molecule has 0 spiro atoms. The zero-order chi connectivity index (χ0) is 16.9. The van der Waals surface area contributed by atoms with Gasteiger partial charge in [0.05, 0.1) is 39.0 Å². The van der Waals surface area contributed by atoms with Crippen molar-refractivity contribution >= 4 is 39.9 Å². The smallest absolute Gasteiger partial charge is 0.234 e. The lowest BCUT2D eigenvalue weighted by atomic mass is 10.2. The molecule has 0 saturated carbocycles. The van der Waals surface area contributed by atoms with E-state index in [4.69, 9.17) is 21.7 Å². The Balaban J connectivity index is 1.46. The Labute approximate surface area is 151 Å². The van der Waals surface area contributed by atoms with Gasteiger partial charge in [-0.2, -0.15) is 0 Å². The van der Waals surface area contributed by atoms with E-state index in [1.165, 1.54) is 16.7 Å². The van der Waals surface area contributed by atoms with Crippen LogP contribution in [0.3, 0.4) is 0 Å². The van der Waals surface area contributed by atoms with Crippen molar-refractivity contribution in [3.63, 3.8) is 0 Å². The van der Waals surface area contributed by atoms with Crippen LogP contribution in [0.15, 0.2) is 18.2 Å². The summed E-state index contributed by atoms with van der Waals surface area (Å²) in [7, 11) is 2.19. The number of thiocarbonyl (C=S) groups is 1. The molecule has 2 aliphatic heterocycles. The number of ether oxygens (including phenoxy) is 2. The van der Waals surface area contributed by atoms with Crippen molar-refractivity contribution in [3.8, 4) is 11.5 Å². The molecule has 3 rings (SSSR count). The molecular weight excluding hydrogens is 346 g/mol. The van der Waals surface area contributed by atoms with Crippen molar-refractivity contribution < 1.29 is 19.2 Å². The fourth-order valence-electron chi connectivity index (χ4n) is 2.61. The van der Waals surface area contributed by atoms with E-state index < -0.39 is 0 Å². The molecule has 1 saturated heterocycles. The highest BCUT2D eigenvalue weighted by Gasteiger charge is 2.20. The topological polar surface area (TPSA) is 55.2 Å². The van der Waals surface area contributed by atoms with Crippen LogP contribution in [0.1, 0.15) is 0 Å². The molecule has 2 heterocycles. The van der Waals surface area contributed by atoms with Crippen LogP contribution in [0.25, 0.3) is 0 Å². The molecule has 0 unspecified atom stereocenters. The van der Waals surface area contributed by atoms with Crippen LogP contribution < -0.4 is 19.7 Å². The summed E-state index contributed by atoms with van der Waals surface area (Å²) < 4.78 is 11.8. The number of rotatable bonds is 3. The number of carbonyl (C=O) groups is 1. The van der Waals surface area contributed by atoms with E-state index in [0.717, 1.165) is 30.5 Å². The molecule has 24 heavy (non-hydrogen) atoms. The summed E-state index contributed by atoms with van der Waals surface area (Å²) in [6.07, 6.45) is 0. The Morgan fingerprint density at radius 2 is 2.00 bits per heavy atom. The molecule has 2 N–H and O–H groups in total. The minimum absolute atomic E-state index is 0.0706. The molecule has 0 aliphatic carbocycles. The van der Waals surface area contributed by atoms with Gasteiger partial charge in [0.15, 0.2) is 11.5 Å². The van der Waals surface area contributed by atoms with Crippen molar-refractivity contribution in [2.24, 2.45) is 0 Å². The molecule has 8 heteroatoms. The molecule has 2 aliphatic rings. The van der Waals surface area contributed by atoms with E-state index >= 15 is 0 Å². The third kappa shape index (κ3) is 4.52. The van der Waals surface area contributed by atoms with Gasteiger partial charge in [-0.3, -0.25) is 4.79 Å². The van der Waals surface area contributed by atoms with Gasteiger partial charge in [-0.1, -0.05) is 24.0 Å². The second kappa shape index (κ2) is 8.04. The van der Waals surface area contributed by atoms with Crippen molar-refractivity contribution in [2.75, 3.05) is 57.5 Å². The second-order valence-electron chi connectivity index (χ2n) is 5.91. The predicted octanol–water partition coefficient (Wildman–Crippen LogP) is 0.245. The highest BCUT2D eigenvalue weighted by Crippen LogP contribution is 2.32. The van der Waals surface area contributed by atoms with E-state index in [9.17, 15) is 4.79 Å². The molecule has 0 atom stereocenters. The number of fused-ring (bicyclic) bond motifs is 1. The van der Waals surface area contributed by atoms with Gasteiger partial charge in [-0.15, -0.1) is 0 Å². The maximum absolute atomic E-state index is 12.1. The van der Waals surface area contributed by atoms with Crippen molar-refractivity contribution in [3.05, 3.63) is 18.2 Å². The number of quaternary nitrogens is 1. The van der Waals surface area contributed by atoms with Crippen LogP contribution in [0.5, 0.6) is 11.5 Å². The Morgan fingerprint density at radius 1 is 1.29 bits per heavy atom. The lowest BCUT2D eigenvalue weighted by Gasteiger charge is -2.31. The molecule has 1 fully saturated rings. The van der Waals surface area contributed by atoms with E-state index in [1.54, 1.807) is 6.07 Å². The quantitative estimate of drug-likeness (QED) is 0.746. The van der Waals surface area contributed by atoms with Gasteiger partial charge in [0.25, 0.3) is 0 Å². The number of anilines is 1. The van der Waals surface area contributed by atoms with Crippen molar-refractivity contribution in [2.45, 2.75) is 0 Å². The summed E-state index contributed by atoms with van der Waals surface area (Å²) in [5.41, 5.74) is 0.707. The summed E-state index contributed by atoms with van der Waals surface area (Å²) in [6, 6.07) is 5.42. The zero-order valence-electron chi connectivity index (χ0n) is 13.7. The van der Waals surface area contributed by atoms with Crippen molar-refractivity contribution in [1.82, 2.24) is 4.90 Å². The minimum atomic E-state index is -0.0706. The number of hydrogen-bond acceptors (Lipinski definition) is 5. The van der Waals surface area contributed by atoms with Crippen LogP contribution in [0.2, 0.25) is 0 Å². The zero-order valence-corrected chi connectivity index (χ0v) is 15.3. The number of benzene rings is 1. The van der Waals surface area contributed by atoms with Crippen LogP contribution in [0, 0.1) is 0 Å². The number of nitrogens with zero attached hydrogens (tertiary/aromatic N) is 1. The molecule has 1 amide bonds. The van der Waals surface area contributed by atoms with E-state index in [-0.39, 0.29) is 5.91 Å². The maximum atomic E-state index is 12.1. The SMILES string of the molecule is C[NH+]1CCN(C(=S)SCC(=O)Nc2ccc3c(c2)OCCO3)CC1. The largest absolute Gasteiger partial charge is 0.486 e. The maximum Gasteiger partial charge on any atom is 0.234 e. The lowest BCUT2D eigenvalue weighted by Crippen LogP contribution is -3.12. The summed E-state index contributed by atoms with van der Waals surface area (Å²) in [5, 5.41) is 2.88. The molecule has 0 bridgehead atoms. The predicted molar refractivity (Wildman–Crippen MR) is 99.3 cm³/mol. The number of nitrogens with one attached hydrogen (secondary N) is 2. The third-order valence-electron chi connectivity index (χ3n) is 4.03. The molecule has 130 valence electrons. The average molecular weight is 369 g/mol. The number of likely N-dealkylation sites (N-methyl/N-ethyl adjacent to an activating group) is 1. The van der Waals surface area contributed by atoms with Gasteiger partial charge >= 0.3 is 0 Å². The number of amides is 1.